The predicted molar refractivity (Wildman–Crippen MR) is 68.9 cm³/mol. The molecule has 0 aromatic rings. The molecule has 17 heavy (non-hydrogen) atoms. The summed E-state index contributed by atoms with van der Waals surface area (Å²) < 4.78 is 5.31. The molecule has 1 amide bonds. The maximum atomic E-state index is 12.1. The van der Waals surface area contributed by atoms with Crippen LogP contribution in [0.1, 0.15) is 40.0 Å². The van der Waals surface area contributed by atoms with Gasteiger partial charge in [-0.05, 0) is 52.1 Å². The van der Waals surface area contributed by atoms with Crippen molar-refractivity contribution in [2.75, 3.05) is 20.2 Å². The third kappa shape index (κ3) is 3.68. The number of hydrogen-bond acceptors (Lipinski definition) is 3. The van der Waals surface area contributed by atoms with E-state index in [1.54, 1.807) is 7.11 Å². The lowest BCUT2D eigenvalue weighted by Crippen LogP contribution is -2.51. The Kier molecular flexibility index (Phi) is 5.40. The third-order valence-corrected chi connectivity index (χ3v) is 4.06. The van der Waals surface area contributed by atoms with Gasteiger partial charge < -0.3 is 15.4 Å². The molecule has 0 spiro atoms. The summed E-state index contributed by atoms with van der Waals surface area (Å²) in [4.78, 5) is 12.1. The van der Waals surface area contributed by atoms with Gasteiger partial charge in [-0.3, -0.25) is 4.79 Å². The van der Waals surface area contributed by atoms with E-state index >= 15 is 0 Å². The zero-order valence-electron chi connectivity index (χ0n) is 11.5. The van der Waals surface area contributed by atoms with Crippen LogP contribution in [0.25, 0.3) is 0 Å². The highest BCUT2D eigenvalue weighted by molar-refractivity contribution is 5.84. The van der Waals surface area contributed by atoms with Crippen LogP contribution < -0.4 is 10.6 Å². The lowest BCUT2D eigenvalue weighted by atomic mass is 9.90. The van der Waals surface area contributed by atoms with E-state index < -0.39 is 5.60 Å². The zero-order chi connectivity index (χ0) is 12.9. The predicted octanol–water partition coefficient (Wildman–Crippen LogP) is 1.31. The molecule has 1 saturated heterocycles. The Morgan fingerprint density at radius 1 is 1.53 bits per heavy atom. The first-order valence-corrected chi connectivity index (χ1v) is 6.60. The van der Waals surface area contributed by atoms with Gasteiger partial charge in [-0.2, -0.15) is 0 Å². The first-order valence-electron chi connectivity index (χ1n) is 6.60. The summed E-state index contributed by atoms with van der Waals surface area (Å²) in [5, 5.41) is 6.44. The van der Waals surface area contributed by atoms with E-state index in [1.165, 1.54) is 0 Å². The molecule has 1 aliphatic heterocycles. The Morgan fingerprint density at radius 2 is 2.12 bits per heavy atom. The molecule has 2 atom stereocenters. The quantitative estimate of drug-likeness (QED) is 0.764. The number of nitrogens with one attached hydrogen (secondary N) is 2. The van der Waals surface area contributed by atoms with Gasteiger partial charge >= 0.3 is 0 Å². The van der Waals surface area contributed by atoms with E-state index in [1.807, 2.05) is 13.8 Å². The number of rotatable bonds is 5. The van der Waals surface area contributed by atoms with Gasteiger partial charge in [0.2, 0.25) is 0 Å². The fourth-order valence-electron chi connectivity index (χ4n) is 2.22. The molecule has 0 bridgehead atoms. The van der Waals surface area contributed by atoms with Gasteiger partial charge in [-0.1, -0.05) is 6.92 Å². The summed E-state index contributed by atoms with van der Waals surface area (Å²) in [6, 6.07) is 0.227. The Hall–Kier alpha value is -0.610. The highest BCUT2D eigenvalue weighted by atomic mass is 16.5. The first kappa shape index (κ1) is 14.5. The van der Waals surface area contributed by atoms with E-state index in [0.29, 0.717) is 12.3 Å². The normalized spacial score (nSPS) is 22.8. The average Bonchev–Trinajstić information content (AvgIpc) is 2.38. The molecular formula is C13H26N2O2. The average molecular weight is 242 g/mol. The molecule has 0 radical (unpaired) electrons. The van der Waals surface area contributed by atoms with Gasteiger partial charge in [0.1, 0.15) is 5.60 Å². The number of amides is 1. The monoisotopic (exact) mass is 242 g/mol. The zero-order valence-corrected chi connectivity index (χ0v) is 11.5. The van der Waals surface area contributed by atoms with Gasteiger partial charge in [0.25, 0.3) is 5.91 Å². The molecule has 0 aromatic carbocycles. The minimum Gasteiger partial charge on any atom is -0.369 e. The van der Waals surface area contributed by atoms with Crippen molar-refractivity contribution < 1.29 is 9.53 Å². The van der Waals surface area contributed by atoms with Gasteiger partial charge in [-0.25, -0.2) is 0 Å². The Labute approximate surface area is 104 Å². The molecule has 100 valence electrons. The number of carbonyl (C=O) groups is 1. The Balaban J connectivity index is 2.49. The summed E-state index contributed by atoms with van der Waals surface area (Å²) >= 11 is 0. The van der Waals surface area contributed by atoms with Crippen LogP contribution in [-0.4, -0.2) is 37.7 Å². The highest BCUT2D eigenvalue weighted by Gasteiger charge is 2.33. The molecule has 4 heteroatoms. The topological polar surface area (TPSA) is 50.4 Å². The summed E-state index contributed by atoms with van der Waals surface area (Å²) in [6.45, 7) is 8.02. The maximum absolute atomic E-state index is 12.1. The van der Waals surface area contributed by atoms with Crippen LogP contribution in [0.15, 0.2) is 0 Å². The van der Waals surface area contributed by atoms with Gasteiger partial charge in [-0.15, -0.1) is 0 Å². The summed E-state index contributed by atoms with van der Waals surface area (Å²) in [5.74, 6) is 0.590. The van der Waals surface area contributed by atoms with Crippen molar-refractivity contribution in [3.63, 3.8) is 0 Å². The van der Waals surface area contributed by atoms with Crippen molar-refractivity contribution >= 4 is 5.91 Å². The van der Waals surface area contributed by atoms with Crippen molar-refractivity contribution in [1.82, 2.24) is 10.6 Å². The summed E-state index contributed by atoms with van der Waals surface area (Å²) in [7, 11) is 1.60. The molecular weight excluding hydrogens is 216 g/mol. The van der Waals surface area contributed by atoms with Crippen molar-refractivity contribution in [3.05, 3.63) is 0 Å². The Bertz CT molecular complexity index is 246. The van der Waals surface area contributed by atoms with Crippen LogP contribution in [0.4, 0.5) is 0 Å². The van der Waals surface area contributed by atoms with Crippen LogP contribution in [-0.2, 0) is 9.53 Å². The number of ether oxygens (including phenoxy) is 1. The molecule has 1 rings (SSSR count). The fourth-order valence-corrected chi connectivity index (χ4v) is 2.22. The van der Waals surface area contributed by atoms with E-state index in [2.05, 4.69) is 17.6 Å². The SMILES string of the molecule is CCC(C)(OC)C(=O)NC(C)C1CCNCC1. The summed E-state index contributed by atoms with van der Waals surface area (Å²) in [6.07, 6.45) is 2.96. The van der Waals surface area contributed by atoms with Crippen LogP contribution in [0.2, 0.25) is 0 Å². The number of carbonyl (C=O) groups excluding carboxylic acids is 1. The maximum Gasteiger partial charge on any atom is 0.252 e. The smallest absolute Gasteiger partial charge is 0.252 e. The van der Waals surface area contributed by atoms with Gasteiger partial charge in [0, 0.05) is 13.2 Å². The molecule has 1 fully saturated rings. The number of piperidine rings is 1. The molecule has 0 aromatic heterocycles. The minimum atomic E-state index is -0.693. The van der Waals surface area contributed by atoms with E-state index in [0.717, 1.165) is 25.9 Å². The van der Waals surface area contributed by atoms with Gasteiger partial charge in [0.05, 0.1) is 0 Å². The standard InChI is InChI=1S/C13H26N2O2/c1-5-13(3,17-4)12(16)15-10(2)11-6-8-14-9-7-11/h10-11,14H,5-9H2,1-4H3,(H,15,16). The van der Waals surface area contributed by atoms with Crippen molar-refractivity contribution in [2.24, 2.45) is 5.92 Å². The van der Waals surface area contributed by atoms with E-state index in [-0.39, 0.29) is 11.9 Å². The Morgan fingerprint density at radius 3 is 2.59 bits per heavy atom. The molecule has 1 heterocycles. The molecule has 0 saturated carbocycles. The van der Waals surface area contributed by atoms with E-state index in [4.69, 9.17) is 4.74 Å². The molecule has 2 unspecified atom stereocenters. The van der Waals surface area contributed by atoms with E-state index in [9.17, 15) is 4.79 Å². The molecule has 4 nitrogen and oxygen atoms in total. The van der Waals surface area contributed by atoms with Crippen molar-refractivity contribution in [3.8, 4) is 0 Å². The second-order valence-electron chi connectivity index (χ2n) is 5.14. The van der Waals surface area contributed by atoms with Crippen LogP contribution in [0, 0.1) is 5.92 Å². The fraction of sp³-hybridized carbons (Fsp3) is 0.923. The highest BCUT2D eigenvalue weighted by Crippen LogP contribution is 2.19. The lowest BCUT2D eigenvalue weighted by molar-refractivity contribution is -0.142. The molecule has 0 aliphatic carbocycles. The lowest BCUT2D eigenvalue weighted by Gasteiger charge is -2.32. The second kappa shape index (κ2) is 6.36. The van der Waals surface area contributed by atoms with Crippen LogP contribution >= 0.6 is 0 Å². The molecule has 1 aliphatic rings. The van der Waals surface area contributed by atoms with Crippen LogP contribution in [0.5, 0.6) is 0 Å². The largest absolute Gasteiger partial charge is 0.369 e. The van der Waals surface area contributed by atoms with Crippen molar-refractivity contribution in [1.29, 1.82) is 0 Å². The third-order valence-electron chi connectivity index (χ3n) is 4.06. The first-order chi connectivity index (χ1) is 8.03. The van der Waals surface area contributed by atoms with Crippen molar-refractivity contribution in [2.45, 2.75) is 51.7 Å². The number of methoxy groups -OCH3 is 1. The van der Waals surface area contributed by atoms with Crippen LogP contribution in [0.3, 0.4) is 0 Å². The second-order valence-corrected chi connectivity index (χ2v) is 5.14. The van der Waals surface area contributed by atoms with Gasteiger partial charge in [0.15, 0.2) is 0 Å². The minimum absolute atomic E-state index is 0.00790. The summed E-state index contributed by atoms with van der Waals surface area (Å²) in [5.41, 5.74) is -0.693. The molecule has 2 N–H and O–H groups in total. The number of hydrogen-bond donors (Lipinski definition) is 2.